The molecule has 0 unspecified atom stereocenters. The molecule has 7 nitrogen and oxygen atoms in total. The molecule has 1 aromatic heterocycles. The lowest BCUT2D eigenvalue weighted by Crippen LogP contribution is -2.36. The van der Waals surface area contributed by atoms with Crippen LogP contribution in [0.1, 0.15) is 22.2 Å². The minimum absolute atomic E-state index is 0.0116. The smallest absolute Gasteiger partial charge is 0.290 e. The monoisotopic (exact) mass is 446 g/mol. The summed E-state index contributed by atoms with van der Waals surface area (Å²) in [6, 6.07) is 15.3. The first-order valence-corrected chi connectivity index (χ1v) is 10.7. The van der Waals surface area contributed by atoms with Gasteiger partial charge >= 0.3 is 0 Å². The van der Waals surface area contributed by atoms with Gasteiger partial charge in [-0.05, 0) is 43.9 Å². The molecule has 0 saturated heterocycles. The molecule has 2 aromatic carbocycles. The van der Waals surface area contributed by atoms with E-state index >= 15 is 0 Å². The normalized spacial score (nSPS) is 16.2. The molecular weight excluding hydrogens is 420 g/mol. The van der Waals surface area contributed by atoms with E-state index in [1.165, 1.54) is 4.90 Å². The van der Waals surface area contributed by atoms with E-state index in [1.807, 2.05) is 37.2 Å². The summed E-state index contributed by atoms with van der Waals surface area (Å²) in [5.74, 6) is -0.914. The van der Waals surface area contributed by atoms with Gasteiger partial charge in [-0.2, -0.15) is 0 Å². The maximum Gasteiger partial charge on any atom is 0.290 e. The number of fused-ring (bicyclic) bond motifs is 1. The summed E-state index contributed by atoms with van der Waals surface area (Å²) in [4.78, 5) is 30.0. The molecule has 0 bridgehead atoms. The fourth-order valence-electron chi connectivity index (χ4n) is 3.90. The summed E-state index contributed by atoms with van der Waals surface area (Å²) in [6.45, 7) is 4.92. The van der Waals surface area contributed by atoms with E-state index in [1.54, 1.807) is 42.5 Å². The van der Waals surface area contributed by atoms with Crippen molar-refractivity contribution in [2.75, 3.05) is 33.8 Å². The van der Waals surface area contributed by atoms with Gasteiger partial charge in [-0.15, -0.1) is 0 Å². The summed E-state index contributed by atoms with van der Waals surface area (Å²) >= 11 is 0. The molecule has 1 atom stereocenters. The quantitative estimate of drug-likeness (QED) is 0.393. The Morgan fingerprint density at radius 1 is 1.21 bits per heavy atom. The second-order valence-electron chi connectivity index (χ2n) is 8.11. The highest BCUT2D eigenvalue weighted by Gasteiger charge is 2.44. The molecule has 7 heteroatoms. The molecule has 0 aliphatic carbocycles. The molecule has 0 saturated carbocycles. The van der Waals surface area contributed by atoms with Crippen molar-refractivity contribution in [3.05, 3.63) is 89.9 Å². The van der Waals surface area contributed by atoms with Crippen LogP contribution in [0.5, 0.6) is 5.75 Å². The second-order valence-corrected chi connectivity index (χ2v) is 8.11. The number of likely N-dealkylation sites (N-methyl/N-ethyl adjacent to an activating group) is 1. The fraction of sp³-hybridized carbons (Fsp3) is 0.231. The number of rotatable bonds is 9. The first kappa shape index (κ1) is 22.4. The number of carbonyl (C=O) groups is 2. The lowest BCUT2D eigenvalue weighted by Gasteiger charge is -2.28. The van der Waals surface area contributed by atoms with E-state index in [2.05, 4.69) is 6.58 Å². The van der Waals surface area contributed by atoms with E-state index in [-0.39, 0.29) is 11.3 Å². The van der Waals surface area contributed by atoms with Gasteiger partial charge in [-0.25, -0.2) is 0 Å². The number of carbonyl (C=O) groups excluding carboxylic acids is 2. The first-order valence-electron chi connectivity index (χ1n) is 10.7. The molecule has 3 aromatic rings. The van der Waals surface area contributed by atoms with Crippen LogP contribution in [0.25, 0.3) is 11.0 Å². The minimum atomic E-state index is -0.744. The highest BCUT2D eigenvalue weighted by atomic mass is 16.5. The van der Waals surface area contributed by atoms with Crippen molar-refractivity contribution in [1.29, 1.82) is 0 Å². The molecule has 0 spiro atoms. The van der Waals surface area contributed by atoms with Crippen LogP contribution in [-0.4, -0.2) is 60.4 Å². The van der Waals surface area contributed by atoms with Gasteiger partial charge in [-0.3, -0.25) is 9.59 Å². The first-order chi connectivity index (χ1) is 15.9. The van der Waals surface area contributed by atoms with Crippen molar-refractivity contribution in [1.82, 2.24) is 9.80 Å². The van der Waals surface area contributed by atoms with Gasteiger partial charge in [0.2, 0.25) is 5.78 Å². The summed E-state index contributed by atoms with van der Waals surface area (Å²) in [6.07, 6.45) is 1.65. The third-order valence-electron chi connectivity index (χ3n) is 5.55. The molecule has 4 rings (SSSR count). The Hall–Kier alpha value is -3.84. The van der Waals surface area contributed by atoms with Gasteiger partial charge in [0.1, 0.15) is 17.9 Å². The zero-order chi connectivity index (χ0) is 23.5. The number of ketones is 1. The van der Waals surface area contributed by atoms with E-state index in [4.69, 9.17) is 9.15 Å². The number of aliphatic hydroxyl groups is 1. The maximum atomic E-state index is 13.5. The Morgan fingerprint density at radius 2 is 1.94 bits per heavy atom. The van der Waals surface area contributed by atoms with Gasteiger partial charge in [0, 0.05) is 18.5 Å². The number of furan rings is 1. The van der Waals surface area contributed by atoms with Crippen LogP contribution in [0, 0.1) is 0 Å². The van der Waals surface area contributed by atoms with E-state index in [9.17, 15) is 14.7 Å². The Morgan fingerprint density at radius 3 is 2.61 bits per heavy atom. The highest BCUT2D eigenvalue weighted by Crippen LogP contribution is 2.39. The molecule has 0 radical (unpaired) electrons. The van der Waals surface area contributed by atoms with Crippen molar-refractivity contribution >= 4 is 22.7 Å². The number of ether oxygens (including phenoxy) is 1. The SMILES string of the molecule is C=CCOc1ccc([C@H]2C(C(=O)c3cc4ccccc4o3)=C(O)C(=O)N2CCN(C)C)cc1. The second kappa shape index (κ2) is 9.34. The van der Waals surface area contributed by atoms with Gasteiger partial charge < -0.3 is 24.1 Å². The molecule has 1 aliphatic heterocycles. The standard InChI is InChI=1S/C26H26N2O5/c1-4-15-32-19-11-9-17(10-12-19)23-22(25(30)26(31)28(23)14-13-27(2)3)24(29)21-16-18-7-5-6-8-20(18)33-21/h4-12,16,23,30H,1,13-15H2,2-3H3/t23-/m0/s1. The zero-order valence-corrected chi connectivity index (χ0v) is 18.7. The molecule has 1 aliphatic rings. The predicted octanol–water partition coefficient (Wildman–Crippen LogP) is 4.14. The van der Waals surface area contributed by atoms with Crippen molar-refractivity contribution in [3.8, 4) is 5.75 Å². The summed E-state index contributed by atoms with van der Waals surface area (Å²) in [5, 5.41) is 11.6. The molecule has 170 valence electrons. The summed E-state index contributed by atoms with van der Waals surface area (Å²) < 4.78 is 11.3. The lowest BCUT2D eigenvalue weighted by atomic mass is 9.95. The summed E-state index contributed by atoms with van der Waals surface area (Å²) in [7, 11) is 3.80. The maximum absolute atomic E-state index is 13.5. The van der Waals surface area contributed by atoms with Gasteiger partial charge in [0.05, 0.1) is 11.6 Å². The lowest BCUT2D eigenvalue weighted by molar-refractivity contribution is -0.129. The van der Waals surface area contributed by atoms with Crippen LogP contribution in [0.4, 0.5) is 0 Å². The van der Waals surface area contributed by atoms with Gasteiger partial charge in [0.25, 0.3) is 5.91 Å². The van der Waals surface area contributed by atoms with Crippen molar-refractivity contribution < 1.29 is 23.8 Å². The third kappa shape index (κ3) is 4.40. The van der Waals surface area contributed by atoms with Crippen molar-refractivity contribution in [2.45, 2.75) is 6.04 Å². The molecule has 0 fully saturated rings. The van der Waals surface area contributed by atoms with E-state index < -0.39 is 23.5 Å². The van der Waals surface area contributed by atoms with E-state index in [0.29, 0.717) is 36.6 Å². The minimum Gasteiger partial charge on any atom is -0.503 e. The Balaban J connectivity index is 1.74. The number of Topliss-reactive ketones (excluding diaryl/α,β-unsaturated/α-hetero) is 1. The zero-order valence-electron chi connectivity index (χ0n) is 18.7. The number of aliphatic hydroxyl groups excluding tert-OH is 1. The predicted molar refractivity (Wildman–Crippen MR) is 125 cm³/mol. The third-order valence-corrected chi connectivity index (χ3v) is 5.55. The Labute approximate surface area is 192 Å². The van der Waals surface area contributed by atoms with Crippen LogP contribution in [0.15, 0.2) is 83.0 Å². The van der Waals surface area contributed by atoms with Crippen molar-refractivity contribution in [3.63, 3.8) is 0 Å². The molecule has 33 heavy (non-hydrogen) atoms. The van der Waals surface area contributed by atoms with Crippen LogP contribution in [-0.2, 0) is 4.79 Å². The van der Waals surface area contributed by atoms with E-state index in [0.717, 1.165) is 5.39 Å². The van der Waals surface area contributed by atoms with Crippen molar-refractivity contribution in [2.24, 2.45) is 0 Å². The number of amides is 1. The Kier molecular flexibility index (Phi) is 6.33. The fourth-order valence-corrected chi connectivity index (χ4v) is 3.90. The van der Waals surface area contributed by atoms with Gasteiger partial charge in [-0.1, -0.05) is 43.0 Å². The Bertz CT molecular complexity index is 1190. The number of hydrogen-bond acceptors (Lipinski definition) is 6. The average molecular weight is 447 g/mol. The largest absolute Gasteiger partial charge is 0.503 e. The van der Waals surface area contributed by atoms with Crippen LogP contribution in [0.2, 0.25) is 0 Å². The van der Waals surface area contributed by atoms with Crippen LogP contribution in [0.3, 0.4) is 0 Å². The molecule has 2 heterocycles. The average Bonchev–Trinajstić information content (AvgIpc) is 3.35. The number of benzene rings is 2. The van der Waals surface area contributed by atoms with Gasteiger partial charge in [0.15, 0.2) is 11.5 Å². The number of nitrogens with zero attached hydrogens (tertiary/aromatic N) is 2. The summed E-state index contributed by atoms with van der Waals surface area (Å²) in [5.41, 5.74) is 1.27. The molecular formula is C26H26N2O5. The number of hydrogen-bond donors (Lipinski definition) is 1. The topological polar surface area (TPSA) is 83.2 Å². The highest BCUT2D eigenvalue weighted by molar-refractivity contribution is 6.16. The molecule has 1 amide bonds. The van der Waals surface area contributed by atoms with Crippen LogP contribution >= 0.6 is 0 Å². The van der Waals surface area contributed by atoms with Crippen LogP contribution < -0.4 is 4.74 Å². The number of para-hydroxylation sites is 1. The molecule has 1 N–H and O–H groups in total.